The first-order valence-corrected chi connectivity index (χ1v) is 10.1. The second-order valence-electron chi connectivity index (χ2n) is 6.18. The molecule has 9 nitrogen and oxygen atoms in total. The van der Waals surface area contributed by atoms with Gasteiger partial charge in [0.15, 0.2) is 5.96 Å². The first kappa shape index (κ1) is 25.8. The maximum absolute atomic E-state index is 12.0. The van der Waals surface area contributed by atoms with Gasteiger partial charge in [-0.3, -0.25) is 10.1 Å². The second-order valence-corrected chi connectivity index (χ2v) is 7.21. The Kier molecular flexibility index (Phi) is 10.7. The number of aryl methyl sites for hydroxylation is 1. The first-order valence-electron chi connectivity index (χ1n) is 9.28. The zero-order valence-electron chi connectivity index (χ0n) is 17.3. The molecule has 0 saturated carbocycles. The van der Waals surface area contributed by atoms with E-state index in [4.69, 9.17) is 4.74 Å². The average Bonchev–Trinajstić information content (AvgIpc) is 3.08. The monoisotopic (exact) mass is 547 g/mol. The van der Waals surface area contributed by atoms with Crippen LogP contribution in [0.2, 0.25) is 0 Å². The number of aliphatic imine (C=N–C) groups is 1. The number of nitro benzene ring substituents is 1. The molecule has 0 aliphatic rings. The number of aromatic nitrogens is 1. The molecule has 0 radical (unpaired) electrons. The minimum absolute atomic E-state index is 0. The summed E-state index contributed by atoms with van der Waals surface area (Å²) in [4.78, 5) is 32.0. The zero-order chi connectivity index (χ0) is 21.4. The zero-order valence-corrected chi connectivity index (χ0v) is 20.4. The van der Waals surface area contributed by atoms with Crippen LogP contribution in [0.5, 0.6) is 0 Å². The van der Waals surface area contributed by atoms with E-state index < -0.39 is 4.92 Å². The lowest BCUT2D eigenvalue weighted by molar-refractivity contribution is -0.384. The summed E-state index contributed by atoms with van der Waals surface area (Å²) in [6.07, 6.45) is 0. The van der Waals surface area contributed by atoms with Crippen molar-refractivity contribution < 1.29 is 14.5 Å². The fraction of sp³-hybridized carbons (Fsp3) is 0.421. The van der Waals surface area contributed by atoms with E-state index in [2.05, 4.69) is 20.6 Å². The highest BCUT2D eigenvalue weighted by molar-refractivity contribution is 14.0. The molecule has 1 heterocycles. The predicted molar refractivity (Wildman–Crippen MR) is 128 cm³/mol. The van der Waals surface area contributed by atoms with Crippen LogP contribution >= 0.6 is 35.3 Å². The molecule has 30 heavy (non-hydrogen) atoms. The molecule has 1 unspecified atom stereocenters. The number of ether oxygens (including phenoxy) is 1. The smallest absolute Gasteiger partial charge is 0.350 e. The normalized spacial score (nSPS) is 11.9. The minimum Gasteiger partial charge on any atom is -0.462 e. The van der Waals surface area contributed by atoms with Crippen LogP contribution in [0.15, 0.2) is 29.3 Å². The molecule has 0 fully saturated rings. The third-order valence-corrected chi connectivity index (χ3v) is 5.20. The van der Waals surface area contributed by atoms with Gasteiger partial charge in [-0.05, 0) is 33.3 Å². The van der Waals surface area contributed by atoms with Crippen molar-refractivity contribution in [3.63, 3.8) is 0 Å². The van der Waals surface area contributed by atoms with Crippen LogP contribution < -0.4 is 10.6 Å². The number of guanidine groups is 1. The standard InChI is InChI=1S/C19H25N5O4S.HI/c1-5-20-19(21-11-14-8-7-9-15(10-14)24(26)27)23-13(4)17-22-12(3)16(29-17)18(25)28-6-2;/h7-10,13H,5-6,11H2,1-4H3,(H2,20,21,23);1H. The van der Waals surface area contributed by atoms with E-state index in [0.29, 0.717) is 29.7 Å². The Balaban J connectivity index is 0.00000450. The number of thiazole rings is 1. The van der Waals surface area contributed by atoms with E-state index in [9.17, 15) is 14.9 Å². The van der Waals surface area contributed by atoms with Gasteiger partial charge < -0.3 is 15.4 Å². The maximum Gasteiger partial charge on any atom is 0.350 e. The average molecular weight is 547 g/mol. The number of hydrogen-bond acceptors (Lipinski definition) is 7. The molecule has 0 amide bonds. The summed E-state index contributed by atoms with van der Waals surface area (Å²) >= 11 is 1.29. The number of rotatable bonds is 8. The first-order chi connectivity index (χ1) is 13.8. The Bertz CT molecular complexity index is 903. The largest absolute Gasteiger partial charge is 0.462 e. The van der Waals surface area contributed by atoms with Gasteiger partial charge in [-0.1, -0.05) is 12.1 Å². The molecule has 0 bridgehead atoms. The van der Waals surface area contributed by atoms with Crippen molar-refractivity contribution in [1.29, 1.82) is 0 Å². The minimum atomic E-state index is -0.426. The van der Waals surface area contributed by atoms with Crippen molar-refractivity contribution in [3.8, 4) is 0 Å². The Morgan fingerprint density at radius 1 is 1.40 bits per heavy atom. The molecule has 2 N–H and O–H groups in total. The van der Waals surface area contributed by atoms with Gasteiger partial charge >= 0.3 is 5.97 Å². The lowest BCUT2D eigenvalue weighted by atomic mass is 10.2. The summed E-state index contributed by atoms with van der Waals surface area (Å²) in [6.45, 7) is 8.66. The summed E-state index contributed by atoms with van der Waals surface area (Å²) in [5, 5.41) is 18.1. The van der Waals surface area contributed by atoms with Crippen molar-refractivity contribution in [1.82, 2.24) is 15.6 Å². The van der Waals surface area contributed by atoms with Crippen molar-refractivity contribution in [3.05, 3.63) is 55.5 Å². The Morgan fingerprint density at radius 2 is 2.13 bits per heavy atom. The third kappa shape index (κ3) is 7.20. The maximum atomic E-state index is 12.0. The van der Waals surface area contributed by atoms with Gasteiger partial charge in [0, 0.05) is 18.7 Å². The van der Waals surface area contributed by atoms with Gasteiger partial charge in [-0.15, -0.1) is 35.3 Å². The number of nitrogens with zero attached hydrogens (tertiary/aromatic N) is 3. The Morgan fingerprint density at radius 3 is 2.77 bits per heavy atom. The second kappa shape index (κ2) is 12.4. The van der Waals surface area contributed by atoms with Gasteiger partial charge in [0.2, 0.25) is 0 Å². The molecule has 0 aliphatic heterocycles. The molecule has 1 aromatic carbocycles. The molecule has 0 saturated heterocycles. The predicted octanol–water partition coefficient (Wildman–Crippen LogP) is 3.97. The van der Waals surface area contributed by atoms with E-state index in [0.717, 1.165) is 10.6 Å². The van der Waals surface area contributed by atoms with Crippen molar-refractivity contribution in [2.24, 2.45) is 4.99 Å². The number of halogens is 1. The topological polar surface area (TPSA) is 119 Å². The number of nitrogens with one attached hydrogen (secondary N) is 2. The highest BCUT2D eigenvalue weighted by Gasteiger charge is 2.20. The Hall–Kier alpha value is -2.28. The molecule has 0 spiro atoms. The fourth-order valence-electron chi connectivity index (χ4n) is 2.51. The van der Waals surface area contributed by atoms with E-state index in [1.807, 2.05) is 13.8 Å². The summed E-state index contributed by atoms with van der Waals surface area (Å²) < 4.78 is 5.06. The van der Waals surface area contributed by atoms with Gasteiger partial charge in [0.25, 0.3) is 5.69 Å². The molecule has 1 atom stereocenters. The van der Waals surface area contributed by atoms with Crippen molar-refractivity contribution >= 4 is 52.9 Å². The number of nitro groups is 1. The summed E-state index contributed by atoms with van der Waals surface area (Å²) in [5.74, 6) is 0.184. The Labute approximate surface area is 196 Å². The van der Waals surface area contributed by atoms with Crippen LogP contribution in [0.25, 0.3) is 0 Å². The third-order valence-electron chi connectivity index (χ3n) is 3.88. The number of carbonyl (C=O) groups excluding carboxylic acids is 1. The van der Waals surface area contributed by atoms with Crippen LogP contribution in [0.4, 0.5) is 5.69 Å². The van der Waals surface area contributed by atoms with Gasteiger partial charge in [-0.2, -0.15) is 0 Å². The highest BCUT2D eigenvalue weighted by Crippen LogP contribution is 2.24. The number of hydrogen-bond donors (Lipinski definition) is 2. The van der Waals surface area contributed by atoms with Crippen LogP contribution in [0.3, 0.4) is 0 Å². The van der Waals surface area contributed by atoms with Crippen LogP contribution in [0, 0.1) is 17.0 Å². The molecule has 164 valence electrons. The number of esters is 1. The molecule has 1 aromatic heterocycles. The number of benzene rings is 1. The van der Waals surface area contributed by atoms with Gasteiger partial charge in [-0.25, -0.2) is 14.8 Å². The van der Waals surface area contributed by atoms with Crippen LogP contribution in [-0.2, 0) is 11.3 Å². The lowest BCUT2D eigenvalue weighted by Gasteiger charge is -2.16. The van der Waals surface area contributed by atoms with Crippen LogP contribution in [-0.4, -0.2) is 35.0 Å². The lowest BCUT2D eigenvalue weighted by Crippen LogP contribution is -2.38. The summed E-state index contributed by atoms with van der Waals surface area (Å²) in [7, 11) is 0. The fourth-order valence-corrected chi connectivity index (χ4v) is 3.48. The molecular formula is C19H26IN5O4S. The molecule has 2 rings (SSSR count). The summed E-state index contributed by atoms with van der Waals surface area (Å²) in [6, 6.07) is 6.20. The van der Waals surface area contributed by atoms with Gasteiger partial charge in [0.1, 0.15) is 9.88 Å². The molecule has 11 heteroatoms. The number of non-ortho nitro benzene ring substituents is 1. The molecular weight excluding hydrogens is 521 g/mol. The molecule has 0 aliphatic carbocycles. The SMILES string of the molecule is CCNC(=NCc1cccc([N+](=O)[O-])c1)NC(C)c1nc(C)c(C(=O)OCC)s1.I. The van der Waals surface area contributed by atoms with Crippen molar-refractivity contribution in [2.45, 2.75) is 40.3 Å². The van der Waals surface area contributed by atoms with E-state index >= 15 is 0 Å². The molecule has 2 aromatic rings. The highest BCUT2D eigenvalue weighted by atomic mass is 127. The van der Waals surface area contributed by atoms with Crippen molar-refractivity contribution in [2.75, 3.05) is 13.2 Å². The van der Waals surface area contributed by atoms with E-state index in [-0.39, 0.29) is 48.2 Å². The van der Waals surface area contributed by atoms with Crippen LogP contribution in [0.1, 0.15) is 52.7 Å². The van der Waals surface area contributed by atoms with E-state index in [1.54, 1.807) is 26.0 Å². The quantitative estimate of drug-likeness (QED) is 0.128. The van der Waals surface area contributed by atoms with Gasteiger partial charge in [0.05, 0.1) is 29.8 Å². The summed E-state index contributed by atoms with van der Waals surface area (Å²) in [5.41, 5.74) is 1.41. The number of carbonyl (C=O) groups is 1. The van der Waals surface area contributed by atoms with E-state index in [1.165, 1.54) is 23.5 Å².